The number of para-hydroxylation sites is 6. The molecule has 16 aromatic carbocycles. The van der Waals surface area contributed by atoms with Crippen molar-refractivity contribution in [3.8, 4) is 113 Å². The summed E-state index contributed by atoms with van der Waals surface area (Å²) < 4.78 is 15.4. The van der Waals surface area contributed by atoms with Gasteiger partial charge >= 0.3 is 0 Å². The Morgan fingerprint density at radius 1 is 0.177 bits per heavy atom. The van der Waals surface area contributed by atoms with Crippen molar-refractivity contribution in [1.29, 1.82) is 0 Å². The zero-order valence-corrected chi connectivity index (χ0v) is 61.4. The van der Waals surface area contributed by atoms with Gasteiger partial charge in [0.2, 0.25) is 5.95 Å². The van der Waals surface area contributed by atoms with Crippen molar-refractivity contribution in [1.82, 2.24) is 33.2 Å². The zero-order valence-electron chi connectivity index (χ0n) is 61.4. The van der Waals surface area contributed by atoms with E-state index in [9.17, 15) is 0 Å². The Kier molecular flexibility index (Phi) is 16.4. The lowest BCUT2D eigenvalue weighted by atomic mass is 9.99. The third kappa shape index (κ3) is 12.0. The lowest BCUT2D eigenvalue weighted by molar-refractivity contribution is 0.482. The summed E-state index contributed by atoms with van der Waals surface area (Å²) in [7, 11) is 0. The Balaban J connectivity index is 0.000000146. The predicted octanol–water partition coefficient (Wildman–Crippen LogP) is 27.4. The summed E-state index contributed by atoms with van der Waals surface area (Å²) in [5, 5.41) is 9.72. The molecule has 0 fully saturated rings. The Labute approximate surface area is 652 Å². The van der Waals surface area contributed by atoms with Crippen LogP contribution in [0.3, 0.4) is 0 Å². The van der Waals surface area contributed by atoms with Crippen LogP contribution in [0.5, 0.6) is 11.5 Å². The molecule has 113 heavy (non-hydrogen) atoms. The van der Waals surface area contributed by atoms with Crippen molar-refractivity contribution < 1.29 is 4.74 Å². The highest BCUT2D eigenvalue weighted by Crippen LogP contribution is 2.43. The third-order valence-electron chi connectivity index (χ3n) is 22.0. The van der Waals surface area contributed by atoms with Gasteiger partial charge in [0.1, 0.15) is 11.5 Å². The van der Waals surface area contributed by atoms with E-state index in [1.54, 1.807) is 0 Å². The van der Waals surface area contributed by atoms with Gasteiger partial charge in [-0.25, -0.2) is 15.0 Å². The number of rotatable bonds is 13. The number of ether oxygens (including phenoxy) is 1. The molecule has 0 spiro atoms. The average Bonchev–Trinajstić information content (AvgIpc) is 1.60. The van der Waals surface area contributed by atoms with Gasteiger partial charge in [-0.05, 0) is 196 Å². The van der Waals surface area contributed by atoms with Crippen molar-refractivity contribution in [2.24, 2.45) is 0 Å². The predicted molar refractivity (Wildman–Crippen MR) is 468 cm³/mol. The molecule has 0 aliphatic heterocycles. The second-order valence-electron chi connectivity index (χ2n) is 28.7. The highest BCUT2D eigenvalue weighted by Gasteiger charge is 2.21. The van der Waals surface area contributed by atoms with Gasteiger partial charge in [-0.2, -0.15) is 0 Å². The molecule has 0 bridgehead atoms. The average molecular weight is 1440 g/mol. The van der Waals surface area contributed by atoms with Crippen molar-refractivity contribution >= 4 is 87.2 Å². The molecule has 6 heterocycles. The Morgan fingerprint density at radius 3 is 0.938 bits per heavy atom. The van der Waals surface area contributed by atoms with Gasteiger partial charge in [0.05, 0.1) is 55.5 Å². The first-order valence-corrected chi connectivity index (χ1v) is 38.3. The molecular weight excluding hydrogens is 1380 g/mol. The van der Waals surface area contributed by atoms with E-state index < -0.39 is 0 Å². The first kappa shape index (κ1) is 66.0. The quantitative estimate of drug-likeness (QED) is 0.115. The SMILES string of the molecule is c1ccc(-c2cccc(-c3cccc(-n4c5ccccc5c5cc(-c6ccc7c(c6)c6ccccc6n7-c6ccccc6)ccc54)c3)n2)cc1.c1ccc(Oc2ccc(-n3c4ccccc4c4cc(-c5ccc6c(c5)c5ccccc5n6-c5ncc(-c6ccc(-c7ccc(-c8ccccc8)cc7)cc6)cn5)ccc43)cc2)cc1. The van der Waals surface area contributed by atoms with Crippen LogP contribution < -0.4 is 4.74 Å². The van der Waals surface area contributed by atoms with Crippen molar-refractivity contribution in [3.05, 3.63) is 419 Å². The van der Waals surface area contributed by atoms with Crippen LogP contribution >= 0.6 is 0 Å². The second-order valence-corrected chi connectivity index (χ2v) is 28.7. The van der Waals surface area contributed by atoms with Crippen molar-refractivity contribution in [3.63, 3.8) is 0 Å². The third-order valence-corrected chi connectivity index (χ3v) is 22.0. The number of hydrogen-bond acceptors (Lipinski definition) is 4. The number of benzene rings is 16. The van der Waals surface area contributed by atoms with E-state index >= 15 is 0 Å². The van der Waals surface area contributed by atoms with Gasteiger partial charge < -0.3 is 18.4 Å². The molecule has 0 atom stereocenters. The minimum atomic E-state index is 0.640. The van der Waals surface area contributed by atoms with Crippen LogP contribution in [0.1, 0.15) is 0 Å². The van der Waals surface area contributed by atoms with Gasteiger partial charge in [0.25, 0.3) is 0 Å². The summed E-state index contributed by atoms with van der Waals surface area (Å²) in [5.41, 5.74) is 28.3. The molecule has 530 valence electrons. The molecule has 0 amide bonds. The fourth-order valence-corrected chi connectivity index (χ4v) is 16.6. The Hall–Kier alpha value is -15.3. The number of hydrogen-bond donors (Lipinski definition) is 0. The Bertz CT molecular complexity index is 7330. The fraction of sp³-hybridized carbons (Fsp3) is 0. The topological polar surface area (TPSA) is 67.6 Å². The minimum Gasteiger partial charge on any atom is -0.457 e. The van der Waals surface area contributed by atoms with Gasteiger partial charge in [0, 0.05) is 89.2 Å². The Morgan fingerprint density at radius 2 is 0.478 bits per heavy atom. The van der Waals surface area contributed by atoms with E-state index in [-0.39, 0.29) is 0 Å². The van der Waals surface area contributed by atoms with Crippen LogP contribution in [0.4, 0.5) is 0 Å². The van der Waals surface area contributed by atoms with Crippen LogP contribution in [0.15, 0.2) is 419 Å². The van der Waals surface area contributed by atoms with E-state index in [1.807, 2.05) is 67.0 Å². The first-order valence-electron chi connectivity index (χ1n) is 38.3. The normalized spacial score (nSPS) is 11.5. The van der Waals surface area contributed by atoms with E-state index in [1.165, 1.54) is 93.5 Å². The largest absolute Gasteiger partial charge is 0.457 e. The summed E-state index contributed by atoms with van der Waals surface area (Å²) in [4.78, 5) is 15.0. The molecule has 0 saturated carbocycles. The molecule has 0 N–H and O–H groups in total. The highest BCUT2D eigenvalue weighted by atomic mass is 16.5. The van der Waals surface area contributed by atoms with E-state index in [0.717, 1.165) is 100 Å². The van der Waals surface area contributed by atoms with Gasteiger partial charge in [-0.3, -0.25) is 4.57 Å². The molecule has 8 heteroatoms. The maximum Gasteiger partial charge on any atom is 0.234 e. The molecule has 22 rings (SSSR count). The first-order chi connectivity index (χ1) is 56.0. The smallest absolute Gasteiger partial charge is 0.234 e. The van der Waals surface area contributed by atoms with Crippen LogP contribution in [0, 0.1) is 0 Å². The molecule has 0 aliphatic rings. The summed E-state index contributed by atoms with van der Waals surface area (Å²) in [5.74, 6) is 2.26. The maximum absolute atomic E-state index is 6.10. The minimum absolute atomic E-state index is 0.640. The zero-order chi connectivity index (χ0) is 74.7. The molecule has 22 aromatic rings. The van der Waals surface area contributed by atoms with E-state index in [0.29, 0.717) is 5.95 Å². The molecule has 6 aromatic heterocycles. The standard InChI is InChI=1S/C58H38N4O.C47H31N3/c1-3-11-39(12-4-1)40-19-21-41(22-20-40)42-23-25-43(26-24-42)46-37-59-58(60-38-46)62-55-18-10-8-16-51(55)53-36-45(28-34-57(53)62)44-27-33-56-52(35-44)50-15-7-9-17-54(50)61(56)47-29-31-49(32-30-47)63-48-13-5-2-6-14-48;1-3-13-32(14-4-1)42-21-12-22-43(48-42)35-15-11-18-37(29-35)50-45-24-10-8-20-39(45)41-31-34(26-28-47(41)50)33-25-27-46-40(30-33)38-19-7-9-23-44(38)49(46)36-16-5-2-6-17-36/h1-38H;1-31H. The lowest BCUT2D eigenvalue weighted by Crippen LogP contribution is -2.00. The van der Waals surface area contributed by atoms with Crippen LogP contribution in [-0.2, 0) is 0 Å². The van der Waals surface area contributed by atoms with Crippen LogP contribution in [-0.4, -0.2) is 33.2 Å². The van der Waals surface area contributed by atoms with Crippen molar-refractivity contribution in [2.75, 3.05) is 0 Å². The summed E-state index contributed by atoms with van der Waals surface area (Å²) in [6.07, 6.45) is 3.86. The molecule has 0 aliphatic carbocycles. The molecule has 0 unspecified atom stereocenters. The van der Waals surface area contributed by atoms with E-state index in [4.69, 9.17) is 19.7 Å². The van der Waals surface area contributed by atoms with E-state index in [2.05, 4.69) is 370 Å². The maximum atomic E-state index is 6.10. The lowest BCUT2D eigenvalue weighted by Gasteiger charge is -2.11. The van der Waals surface area contributed by atoms with Crippen LogP contribution in [0.2, 0.25) is 0 Å². The summed E-state index contributed by atoms with van der Waals surface area (Å²) in [6.45, 7) is 0. The van der Waals surface area contributed by atoms with Crippen LogP contribution in [0.25, 0.3) is 188 Å². The number of nitrogens with zero attached hydrogens (tertiary/aromatic N) is 7. The van der Waals surface area contributed by atoms with Gasteiger partial charge in [0.15, 0.2) is 0 Å². The van der Waals surface area contributed by atoms with Crippen molar-refractivity contribution in [2.45, 2.75) is 0 Å². The summed E-state index contributed by atoms with van der Waals surface area (Å²) in [6, 6.07) is 144. The monoisotopic (exact) mass is 1440 g/mol. The summed E-state index contributed by atoms with van der Waals surface area (Å²) >= 11 is 0. The highest BCUT2D eigenvalue weighted by molar-refractivity contribution is 6.15. The number of fused-ring (bicyclic) bond motifs is 12. The second kappa shape index (κ2) is 28.1. The molecular formula is C105H69N7O. The fourth-order valence-electron chi connectivity index (χ4n) is 16.6. The van der Waals surface area contributed by atoms with Gasteiger partial charge in [-0.15, -0.1) is 0 Å². The molecule has 0 saturated heterocycles. The number of aromatic nitrogens is 7. The molecule has 8 nitrogen and oxygen atoms in total. The molecule has 0 radical (unpaired) electrons. The van der Waals surface area contributed by atoms with Gasteiger partial charge in [-0.1, -0.05) is 261 Å². The number of pyridine rings is 1.